The zero-order valence-electron chi connectivity index (χ0n) is 14.6. The molecule has 0 bridgehead atoms. The zero-order chi connectivity index (χ0) is 16.1. The Morgan fingerprint density at radius 2 is 1.92 bits per heavy atom. The number of halogens is 1. The highest BCUT2D eigenvalue weighted by molar-refractivity contribution is 5.85. The molecule has 132 valence electrons. The Hall–Kier alpha value is -1.36. The second-order valence-electron chi connectivity index (χ2n) is 6.50. The first kappa shape index (κ1) is 19.0. The number of rotatable bonds is 6. The molecule has 1 saturated heterocycles. The van der Waals surface area contributed by atoms with Gasteiger partial charge in [0.25, 0.3) is 0 Å². The van der Waals surface area contributed by atoms with Crippen LogP contribution in [0.5, 0.6) is 0 Å². The molecular weight excluding hydrogens is 322 g/mol. The van der Waals surface area contributed by atoms with Crippen LogP contribution in [0.2, 0.25) is 0 Å². The molecule has 5 heteroatoms. The molecule has 1 aliphatic rings. The SMILES string of the molecule is CCCN(Cc1cc(-c2ccc(C)cc2)no1)C1CCNCC1.Cl. The van der Waals surface area contributed by atoms with E-state index < -0.39 is 0 Å². The van der Waals surface area contributed by atoms with Crippen molar-refractivity contribution < 1.29 is 4.52 Å². The van der Waals surface area contributed by atoms with Crippen LogP contribution in [-0.2, 0) is 6.54 Å². The van der Waals surface area contributed by atoms with Crippen molar-refractivity contribution in [3.05, 3.63) is 41.7 Å². The Morgan fingerprint density at radius 1 is 1.21 bits per heavy atom. The van der Waals surface area contributed by atoms with E-state index in [0.717, 1.165) is 43.2 Å². The summed E-state index contributed by atoms with van der Waals surface area (Å²) < 4.78 is 5.61. The van der Waals surface area contributed by atoms with Crippen LogP contribution >= 0.6 is 12.4 Å². The van der Waals surface area contributed by atoms with Crippen molar-refractivity contribution >= 4 is 12.4 Å². The first-order valence-corrected chi connectivity index (χ1v) is 8.73. The lowest BCUT2D eigenvalue weighted by Crippen LogP contribution is -2.43. The maximum absolute atomic E-state index is 5.61. The number of nitrogens with one attached hydrogen (secondary N) is 1. The van der Waals surface area contributed by atoms with E-state index in [2.05, 4.69) is 59.6 Å². The van der Waals surface area contributed by atoms with Crippen molar-refractivity contribution in [1.82, 2.24) is 15.4 Å². The first-order chi connectivity index (χ1) is 11.3. The molecule has 0 saturated carbocycles. The van der Waals surface area contributed by atoms with Crippen LogP contribution < -0.4 is 5.32 Å². The zero-order valence-corrected chi connectivity index (χ0v) is 15.4. The van der Waals surface area contributed by atoms with Crippen molar-refractivity contribution in [3.8, 4) is 11.3 Å². The molecule has 0 radical (unpaired) electrons. The summed E-state index contributed by atoms with van der Waals surface area (Å²) in [5.41, 5.74) is 3.31. The summed E-state index contributed by atoms with van der Waals surface area (Å²) in [7, 11) is 0. The fourth-order valence-electron chi connectivity index (χ4n) is 3.30. The standard InChI is InChI=1S/C19H27N3O.ClH/c1-3-12-22(17-8-10-20-11-9-17)14-18-13-19(21-23-18)16-6-4-15(2)5-7-16;/h4-7,13,17,20H,3,8-12,14H2,1-2H3;1H. The van der Waals surface area contributed by atoms with Gasteiger partial charge in [-0.2, -0.15) is 0 Å². The molecular formula is C19H28ClN3O. The number of piperidine rings is 1. The van der Waals surface area contributed by atoms with Gasteiger partial charge in [-0.1, -0.05) is 41.9 Å². The summed E-state index contributed by atoms with van der Waals surface area (Å²) in [6, 6.07) is 11.2. The lowest BCUT2D eigenvalue weighted by Gasteiger charge is -2.33. The third-order valence-electron chi connectivity index (χ3n) is 4.60. The number of hydrogen-bond acceptors (Lipinski definition) is 4. The highest BCUT2D eigenvalue weighted by atomic mass is 35.5. The summed E-state index contributed by atoms with van der Waals surface area (Å²) in [5, 5.41) is 7.70. The molecule has 0 spiro atoms. The third kappa shape index (κ3) is 4.82. The number of benzene rings is 1. The molecule has 1 aliphatic heterocycles. The third-order valence-corrected chi connectivity index (χ3v) is 4.60. The predicted molar refractivity (Wildman–Crippen MR) is 101 cm³/mol. The van der Waals surface area contributed by atoms with E-state index in [4.69, 9.17) is 4.52 Å². The Bertz CT molecular complexity index is 605. The lowest BCUT2D eigenvalue weighted by atomic mass is 10.0. The molecule has 1 aromatic heterocycles. The molecule has 0 aliphatic carbocycles. The summed E-state index contributed by atoms with van der Waals surface area (Å²) >= 11 is 0. The quantitative estimate of drug-likeness (QED) is 0.854. The average molecular weight is 350 g/mol. The van der Waals surface area contributed by atoms with Crippen LogP contribution in [0.25, 0.3) is 11.3 Å². The van der Waals surface area contributed by atoms with Gasteiger partial charge in [-0.05, 0) is 45.8 Å². The van der Waals surface area contributed by atoms with E-state index in [0.29, 0.717) is 6.04 Å². The van der Waals surface area contributed by atoms with E-state index in [1.165, 1.54) is 24.8 Å². The second kappa shape index (κ2) is 9.21. The van der Waals surface area contributed by atoms with Crippen molar-refractivity contribution in [3.63, 3.8) is 0 Å². The summed E-state index contributed by atoms with van der Waals surface area (Å²) in [6.07, 6.45) is 3.61. The molecule has 24 heavy (non-hydrogen) atoms. The predicted octanol–water partition coefficient (Wildman–Crippen LogP) is 4.04. The van der Waals surface area contributed by atoms with Gasteiger partial charge in [0, 0.05) is 17.7 Å². The monoisotopic (exact) mass is 349 g/mol. The van der Waals surface area contributed by atoms with Crippen LogP contribution in [0, 0.1) is 6.92 Å². The smallest absolute Gasteiger partial charge is 0.151 e. The number of aryl methyl sites for hydroxylation is 1. The van der Waals surface area contributed by atoms with Gasteiger partial charge in [0.2, 0.25) is 0 Å². The minimum absolute atomic E-state index is 0. The Labute approximate surface area is 151 Å². The van der Waals surface area contributed by atoms with E-state index in [-0.39, 0.29) is 12.4 Å². The molecule has 2 heterocycles. The Morgan fingerprint density at radius 3 is 2.58 bits per heavy atom. The molecule has 1 fully saturated rings. The average Bonchev–Trinajstić information content (AvgIpc) is 3.04. The van der Waals surface area contributed by atoms with Gasteiger partial charge in [-0.3, -0.25) is 4.90 Å². The van der Waals surface area contributed by atoms with E-state index in [1.807, 2.05) is 0 Å². The fourth-order valence-corrected chi connectivity index (χ4v) is 3.30. The summed E-state index contributed by atoms with van der Waals surface area (Å²) in [4.78, 5) is 2.56. The molecule has 1 aromatic carbocycles. The summed E-state index contributed by atoms with van der Waals surface area (Å²) in [5.74, 6) is 0.965. The molecule has 1 N–H and O–H groups in total. The first-order valence-electron chi connectivity index (χ1n) is 8.73. The van der Waals surface area contributed by atoms with Crippen LogP contribution in [0.1, 0.15) is 37.5 Å². The second-order valence-corrected chi connectivity index (χ2v) is 6.50. The van der Waals surface area contributed by atoms with Gasteiger partial charge in [-0.15, -0.1) is 12.4 Å². The van der Waals surface area contributed by atoms with Crippen molar-refractivity contribution in [2.24, 2.45) is 0 Å². The maximum atomic E-state index is 5.61. The number of hydrogen-bond donors (Lipinski definition) is 1. The van der Waals surface area contributed by atoms with Crippen LogP contribution in [0.4, 0.5) is 0 Å². The van der Waals surface area contributed by atoms with Gasteiger partial charge >= 0.3 is 0 Å². The minimum atomic E-state index is 0. The van der Waals surface area contributed by atoms with Gasteiger partial charge in [0.1, 0.15) is 5.69 Å². The van der Waals surface area contributed by atoms with Crippen molar-refractivity contribution in [2.75, 3.05) is 19.6 Å². The largest absolute Gasteiger partial charge is 0.359 e. The van der Waals surface area contributed by atoms with Gasteiger partial charge < -0.3 is 9.84 Å². The maximum Gasteiger partial charge on any atom is 0.151 e. The lowest BCUT2D eigenvalue weighted by molar-refractivity contribution is 0.139. The van der Waals surface area contributed by atoms with E-state index >= 15 is 0 Å². The van der Waals surface area contributed by atoms with Crippen LogP contribution in [0.15, 0.2) is 34.9 Å². The highest BCUT2D eigenvalue weighted by Crippen LogP contribution is 2.22. The number of aromatic nitrogens is 1. The van der Waals surface area contributed by atoms with Gasteiger partial charge in [0.15, 0.2) is 5.76 Å². The Balaban J connectivity index is 0.00000208. The van der Waals surface area contributed by atoms with Crippen molar-refractivity contribution in [2.45, 2.75) is 45.7 Å². The topological polar surface area (TPSA) is 41.3 Å². The Kier molecular flexibility index (Phi) is 7.28. The van der Waals surface area contributed by atoms with Crippen LogP contribution in [-0.4, -0.2) is 35.7 Å². The van der Waals surface area contributed by atoms with Crippen molar-refractivity contribution in [1.29, 1.82) is 0 Å². The molecule has 3 rings (SSSR count). The number of nitrogens with zero attached hydrogens (tertiary/aromatic N) is 2. The van der Waals surface area contributed by atoms with Gasteiger partial charge in [0.05, 0.1) is 6.54 Å². The normalized spacial score (nSPS) is 15.5. The summed E-state index contributed by atoms with van der Waals surface area (Å²) in [6.45, 7) is 8.56. The highest BCUT2D eigenvalue weighted by Gasteiger charge is 2.21. The van der Waals surface area contributed by atoms with Crippen LogP contribution in [0.3, 0.4) is 0 Å². The molecule has 0 amide bonds. The molecule has 4 nitrogen and oxygen atoms in total. The molecule has 0 atom stereocenters. The van der Waals surface area contributed by atoms with Gasteiger partial charge in [-0.25, -0.2) is 0 Å². The van der Waals surface area contributed by atoms with E-state index in [1.54, 1.807) is 0 Å². The fraction of sp³-hybridized carbons (Fsp3) is 0.526. The van der Waals surface area contributed by atoms with E-state index in [9.17, 15) is 0 Å². The molecule has 0 unspecified atom stereocenters. The molecule has 2 aromatic rings. The minimum Gasteiger partial charge on any atom is -0.359 e.